The third-order valence-corrected chi connectivity index (χ3v) is 6.22. The standard InChI is InChI=1S/C26H17F7O2/c27-18-9-16(14-1-3-15(4-2-14)22-5-6-25(7-8-25)13-34-22)10-19(28)23(18)26(32,33)35-17-11-20(29)24(31)21(30)12-17/h1-4,7-12,22H,5-6,13H2. The van der Waals surface area contributed by atoms with Gasteiger partial charge < -0.3 is 9.47 Å². The van der Waals surface area contributed by atoms with E-state index in [0.29, 0.717) is 24.3 Å². The average molecular weight is 494 g/mol. The summed E-state index contributed by atoms with van der Waals surface area (Å²) in [4.78, 5) is 0. The predicted octanol–water partition coefficient (Wildman–Crippen LogP) is 7.59. The van der Waals surface area contributed by atoms with E-state index in [1.165, 1.54) is 0 Å². The molecule has 1 atom stereocenters. The van der Waals surface area contributed by atoms with Crippen LogP contribution in [0.15, 0.2) is 60.7 Å². The molecule has 0 N–H and O–H groups in total. The molecule has 5 rings (SSSR count). The van der Waals surface area contributed by atoms with Crippen molar-refractivity contribution in [2.75, 3.05) is 6.61 Å². The van der Waals surface area contributed by atoms with Crippen LogP contribution in [-0.4, -0.2) is 6.61 Å². The summed E-state index contributed by atoms with van der Waals surface area (Å²) in [6.07, 6.45) is 1.28. The van der Waals surface area contributed by atoms with Crippen molar-refractivity contribution in [2.24, 2.45) is 5.41 Å². The molecule has 0 bridgehead atoms. The molecule has 1 spiro atoms. The molecule has 1 aliphatic heterocycles. The molecule has 1 unspecified atom stereocenters. The summed E-state index contributed by atoms with van der Waals surface area (Å²) >= 11 is 0. The Hall–Kier alpha value is -3.33. The summed E-state index contributed by atoms with van der Waals surface area (Å²) in [5.74, 6) is -9.88. The maximum absolute atomic E-state index is 14.6. The Morgan fingerprint density at radius 3 is 1.91 bits per heavy atom. The zero-order chi connectivity index (χ0) is 25.0. The first-order valence-electron chi connectivity index (χ1n) is 10.7. The van der Waals surface area contributed by atoms with E-state index in [-0.39, 0.29) is 29.2 Å². The normalized spacial score (nSPS) is 18.7. The van der Waals surface area contributed by atoms with Crippen LogP contribution in [0, 0.1) is 34.5 Å². The van der Waals surface area contributed by atoms with Gasteiger partial charge in [0.2, 0.25) is 0 Å². The summed E-state index contributed by atoms with van der Waals surface area (Å²) in [5.41, 5.74) is -0.392. The Labute approximate surface area is 195 Å². The van der Waals surface area contributed by atoms with E-state index in [1.807, 2.05) is 0 Å². The fraction of sp³-hybridized carbons (Fsp3) is 0.231. The second-order valence-corrected chi connectivity index (χ2v) is 8.66. The van der Waals surface area contributed by atoms with Crippen molar-refractivity contribution in [1.29, 1.82) is 0 Å². The van der Waals surface area contributed by atoms with E-state index in [4.69, 9.17) is 4.74 Å². The molecular weight excluding hydrogens is 477 g/mol. The van der Waals surface area contributed by atoms with Gasteiger partial charge in [-0.05, 0) is 41.7 Å². The van der Waals surface area contributed by atoms with Gasteiger partial charge in [0.1, 0.15) is 22.9 Å². The third-order valence-electron chi connectivity index (χ3n) is 6.22. The van der Waals surface area contributed by atoms with E-state index in [9.17, 15) is 30.7 Å². The predicted molar refractivity (Wildman–Crippen MR) is 112 cm³/mol. The van der Waals surface area contributed by atoms with Crippen molar-refractivity contribution in [3.63, 3.8) is 0 Å². The van der Waals surface area contributed by atoms with Gasteiger partial charge in [-0.15, -0.1) is 0 Å². The smallest absolute Gasteiger partial charge is 0.429 e. The summed E-state index contributed by atoms with van der Waals surface area (Å²) in [6, 6.07) is 8.40. The van der Waals surface area contributed by atoms with Crippen molar-refractivity contribution in [3.8, 4) is 16.9 Å². The second-order valence-electron chi connectivity index (χ2n) is 8.66. The summed E-state index contributed by atoms with van der Waals surface area (Å²) in [7, 11) is 0. The van der Waals surface area contributed by atoms with Crippen molar-refractivity contribution in [2.45, 2.75) is 25.1 Å². The van der Waals surface area contributed by atoms with Gasteiger partial charge in [0.25, 0.3) is 0 Å². The van der Waals surface area contributed by atoms with Crippen molar-refractivity contribution >= 4 is 0 Å². The highest BCUT2D eigenvalue weighted by Crippen LogP contribution is 2.47. The highest BCUT2D eigenvalue weighted by molar-refractivity contribution is 5.64. The molecule has 1 heterocycles. The molecule has 2 aliphatic rings. The summed E-state index contributed by atoms with van der Waals surface area (Å²) in [5, 5.41) is 0. The first-order chi connectivity index (χ1) is 16.6. The molecule has 9 heteroatoms. The van der Waals surface area contributed by atoms with Gasteiger partial charge in [0.15, 0.2) is 17.5 Å². The van der Waals surface area contributed by atoms with Crippen molar-refractivity contribution < 1.29 is 40.2 Å². The van der Waals surface area contributed by atoms with Crippen LogP contribution >= 0.6 is 0 Å². The largest absolute Gasteiger partial charge is 0.432 e. The van der Waals surface area contributed by atoms with Crippen LogP contribution in [0.1, 0.15) is 30.1 Å². The third kappa shape index (κ3) is 4.52. The SMILES string of the molecule is Fc1cc(OC(F)(F)c2c(F)cc(-c3ccc(C4CCC5(C=C5)CO4)cc3)cc2F)cc(F)c1F. The molecule has 3 aromatic rings. The minimum Gasteiger partial charge on any atom is -0.429 e. The number of hydrogen-bond acceptors (Lipinski definition) is 2. The lowest BCUT2D eigenvalue weighted by atomic mass is 9.90. The zero-order valence-electron chi connectivity index (χ0n) is 17.9. The molecule has 182 valence electrons. The lowest BCUT2D eigenvalue weighted by Crippen LogP contribution is -2.25. The zero-order valence-corrected chi connectivity index (χ0v) is 17.9. The van der Waals surface area contributed by atoms with Crippen LogP contribution in [0.3, 0.4) is 0 Å². The minimum absolute atomic E-state index is 0.00401. The molecule has 1 aliphatic carbocycles. The van der Waals surface area contributed by atoms with Crippen LogP contribution in [-0.2, 0) is 10.8 Å². The number of ether oxygens (including phenoxy) is 2. The molecular formula is C26H17F7O2. The van der Waals surface area contributed by atoms with Crippen LogP contribution in [0.2, 0.25) is 0 Å². The number of rotatable bonds is 5. The van der Waals surface area contributed by atoms with E-state index in [2.05, 4.69) is 16.9 Å². The van der Waals surface area contributed by atoms with E-state index in [0.717, 1.165) is 18.4 Å². The van der Waals surface area contributed by atoms with Gasteiger partial charge in [-0.1, -0.05) is 36.4 Å². The maximum atomic E-state index is 14.6. The molecule has 1 saturated heterocycles. The molecule has 35 heavy (non-hydrogen) atoms. The van der Waals surface area contributed by atoms with Gasteiger partial charge in [-0.25, -0.2) is 22.0 Å². The molecule has 0 saturated carbocycles. The Morgan fingerprint density at radius 1 is 0.800 bits per heavy atom. The summed E-state index contributed by atoms with van der Waals surface area (Å²) in [6.45, 7) is 0.602. The molecule has 3 aromatic carbocycles. The van der Waals surface area contributed by atoms with Gasteiger partial charge in [-0.3, -0.25) is 0 Å². The van der Waals surface area contributed by atoms with Crippen LogP contribution in [0.25, 0.3) is 11.1 Å². The number of benzene rings is 3. The topological polar surface area (TPSA) is 18.5 Å². The van der Waals surface area contributed by atoms with Gasteiger partial charge in [-0.2, -0.15) is 8.78 Å². The number of halogens is 7. The number of hydrogen-bond donors (Lipinski definition) is 0. The van der Waals surface area contributed by atoms with Crippen LogP contribution in [0.5, 0.6) is 5.75 Å². The minimum atomic E-state index is -4.64. The van der Waals surface area contributed by atoms with Gasteiger partial charge >= 0.3 is 6.11 Å². The van der Waals surface area contributed by atoms with Crippen molar-refractivity contribution in [1.82, 2.24) is 0 Å². The molecule has 0 amide bonds. The Kier molecular flexibility index (Phi) is 5.62. The molecule has 0 aromatic heterocycles. The molecule has 0 radical (unpaired) electrons. The summed E-state index contributed by atoms with van der Waals surface area (Å²) < 4.78 is 108. The second kappa shape index (κ2) is 8.41. The van der Waals surface area contributed by atoms with E-state index >= 15 is 0 Å². The Morgan fingerprint density at radius 2 is 1.40 bits per heavy atom. The lowest BCUT2D eigenvalue weighted by Gasteiger charge is -2.29. The quantitative estimate of drug-likeness (QED) is 0.207. The van der Waals surface area contributed by atoms with Crippen LogP contribution in [0.4, 0.5) is 30.7 Å². The molecule has 1 fully saturated rings. The lowest BCUT2D eigenvalue weighted by molar-refractivity contribution is -0.189. The van der Waals surface area contributed by atoms with Gasteiger partial charge in [0, 0.05) is 17.5 Å². The van der Waals surface area contributed by atoms with E-state index < -0.39 is 46.5 Å². The fourth-order valence-corrected chi connectivity index (χ4v) is 4.15. The van der Waals surface area contributed by atoms with Crippen LogP contribution < -0.4 is 4.74 Å². The highest BCUT2D eigenvalue weighted by atomic mass is 19.3. The van der Waals surface area contributed by atoms with Crippen molar-refractivity contribution in [3.05, 3.63) is 101 Å². The Balaban J connectivity index is 1.36. The highest BCUT2D eigenvalue weighted by Gasteiger charge is 2.42. The Bertz CT molecular complexity index is 1260. The molecule has 2 nitrogen and oxygen atoms in total. The average Bonchev–Trinajstić information content (AvgIpc) is 3.55. The fourth-order valence-electron chi connectivity index (χ4n) is 4.15. The monoisotopic (exact) mass is 494 g/mol. The first-order valence-corrected chi connectivity index (χ1v) is 10.7. The van der Waals surface area contributed by atoms with E-state index in [1.54, 1.807) is 24.3 Å². The number of alkyl halides is 2. The first kappa shape index (κ1) is 23.4. The van der Waals surface area contributed by atoms with Gasteiger partial charge in [0.05, 0.1) is 12.7 Å². The maximum Gasteiger partial charge on any atom is 0.432 e.